The fraction of sp³-hybridized carbons (Fsp3) is 0.500. The number of benzene rings is 1. The Hall–Kier alpha value is -1.40. The molecule has 2 rings (SSSR count). The first-order valence-corrected chi connectivity index (χ1v) is 8.41. The van der Waals surface area contributed by atoms with Gasteiger partial charge in [0.2, 0.25) is 0 Å². The van der Waals surface area contributed by atoms with Crippen LogP contribution in [-0.2, 0) is 21.1 Å². The number of nitrogens with one attached hydrogen (secondary N) is 1. The van der Waals surface area contributed by atoms with Gasteiger partial charge in [0.1, 0.15) is 0 Å². The lowest BCUT2D eigenvalue weighted by atomic mass is 10.1. The number of esters is 1. The van der Waals surface area contributed by atoms with Crippen LogP contribution in [0.3, 0.4) is 0 Å². The second-order valence-electron chi connectivity index (χ2n) is 5.05. The van der Waals surface area contributed by atoms with E-state index in [4.69, 9.17) is 4.74 Å². The van der Waals surface area contributed by atoms with Crippen molar-refractivity contribution >= 4 is 15.8 Å². The van der Waals surface area contributed by atoms with Crippen LogP contribution >= 0.6 is 0 Å². The van der Waals surface area contributed by atoms with E-state index in [2.05, 4.69) is 5.32 Å². The number of ether oxygens (including phenoxy) is 1. The quantitative estimate of drug-likeness (QED) is 0.821. The Morgan fingerprint density at radius 1 is 1.40 bits per heavy atom. The van der Waals surface area contributed by atoms with E-state index in [1.807, 2.05) is 12.1 Å². The normalized spacial score (nSPS) is 20.8. The predicted molar refractivity (Wildman–Crippen MR) is 76.2 cm³/mol. The van der Waals surface area contributed by atoms with E-state index in [1.165, 1.54) is 7.11 Å². The van der Waals surface area contributed by atoms with Crippen molar-refractivity contribution in [1.82, 2.24) is 5.32 Å². The van der Waals surface area contributed by atoms with E-state index >= 15 is 0 Å². The molecule has 110 valence electrons. The SMILES string of the molecule is COC(=O)c1ccccc1CNCC1CCS(=O)(=O)C1. The zero-order valence-corrected chi connectivity index (χ0v) is 12.3. The van der Waals surface area contributed by atoms with Gasteiger partial charge in [-0.3, -0.25) is 0 Å². The number of carbonyl (C=O) groups excluding carboxylic acids is 1. The molecule has 1 aliphatic heterocycles. The van der Waals surface area contributed by atoms with Crippen molar-refractivity contribution in [2.75, 3.05) is 25.2 Å². The van der Waals surface area contributed by atoms with Crippen LogP contribution in [0.5, 0.6) is 0 Å². The molecule has 0 saturated carbocycles. The third-order valence-corrected chi connectivity index (χ3v) is 5.33. The molecule has 5 nitrogen and oxygen atoms in total. The van der Waals surface area contributed by atoms with Gasteiger partial charge in [-0.1, -0.05) is 18.2 Å². The average Bonchev–Trinajstić information content (AvgIpc) is 2.78. The van der Waals surface area contributed by atoms with E-state index in [0.717, 1.165) is 5.56 Å². The number of hydrogen-bond acceptors (Lipinski definition) is 5. The Labute approximate surface area is 119 Å². The van der Waals surface area contributed by atoms with Gasteiger partial charge in [0.15, 0.2) is 9.84 Å². The van der Waals surface area contributed by atoms with Crippen LogP contribution in [0.1, 0.15) is 22.3 Å². The number of hydrogen-bond donors (Lipinski definition) is 1. The molecule has 1 heterocycles. The molecule has 0 amide bonds. The number of sulfone groups is 1. The summed E-state index contributed by atoms with van der Waals surface area (Å²) in [6.07, 6.45) is 0.716. The fourth-order valence-corrected chi connectivity index (χ4v) is 4.29. The van der Waals surface area contributed by atoms with Gasteiger partial charge in [0.25, 0.3) is 0 Å². The molecule has 1 fully saturated rings. The van der Waals surface area contributed by atoms with Crippen molar-refractivity contribution in [2.24, 2.45) is 5.92 Å². The standard InChI is InChI=1S/C14H19NO4S/c1-19-14(16)13-5-3-2-4-12(13)9-15-8-11-6-7-20(17,18)10-11/h2-5,11,15H,6-10H2,1H3. The topological polar surface area (TPSA) is 72.5 Å². The van der Waals surface area contributed by atoms with Crippen LogP contribution < -0.4 is 5.32 Å². The largest absolute Gasteiger partial charge is 0.465 e. The van der Waals surface area contributed by atoms with Crippen molar-refractivity contribution in [1.29, 1.82) is 0 Å². The molecule has 1 aliphatic rings. The van der Waals surface area contributed by atoms with Gasteiger partial charge in [0, 0.05) is 6.54 Å². The van der Waals surface area contributed by atoms with Crippen LogP contribution in [0.4, 0.5) is 0 Å². The molecule has 0 aliphatic carbocycles. The van der Waals surface area contributed by atoms with Crippen molar-refractivity contribution in [2.45, 2.75) is 13.0 Å². The van der Waals surface area contributed by atoms with Crippen LogP contribution in [0.2, 0.25) is 0 Å². The number of rotatable bonds is 5. The summed E-state index contributed by atoms with van der Waals surface area (Å²) in [5, 5.41) is 3.23. The summed E-state index contributed by atoms with van der Waals surface area (Å²) in [5.74, 6) is 0.368. The van der Waals surface area contributed by atoms with Crippen LogP contribution in [-0.4, -0.2) is 39.5 Å². The number of carbonyl (C=O) groups is 1. The first kappa shape index (κ1) is 15.0. The van der Waals surface area contributed by atoms with Gasteiger partial charge >= 0.3 is 5.97 Å². The Balaban J connectivity index is 1.90. The molecule has 1 aromatic rings. The lowest BCUT2D eigenvalue weighted by molar-refractivity contribution is 0.0599. The first-order chi connectivity index (χ1) is 9.52. The summed E-state index contributed by atoms with van der Waals surface area (Å²) in [6.45, 7) is 1.18. The zero-order valence-electron chi connectivity index (χ0n) is 11.5. The highest BCUT2D eigenvalue weighted by molar-refractivity contribution is 7.91. The molecular formula is C14H19NO4S. The average molecular weight is 297 g/mol. The maximum absolute atomic E-state index is 11.6. The molecule has 1 saturated heterocycles. The smallest absolute Gasteiger partial charge is 0.338 e. The van der Waals surface area contributed by atoms with Gasteiger partial charge in [-0.2, -0.15) is 0 Å². The van der Waals surface area contributed by atoms with Gasteiger partial charge < -0.3 is 10.1 Å². The van der Waals surface area contributed by atoms with E-state index in [1.54, 1.807) is 12.1 Å². The van der Waals surface area contributed by atoms with Crippen molar-refractivity contribution in [3.63, 3.8) is 0 Å². The molecule has 1 atom stereocenters. The van der Waals surface area contributed by atoms with E-state index in [9.17, 15) is 13.2 Å². The molecule has 20 heavy (non-hydrogen) atoms. The molecule has 0 bridgehead atoms. The zero-order chi connectivity index (χ0) is 14.6. The summed E-state index contributed by atoms with van der Waals surface area (Å²) in [5.41, 5.74) is 1.40. The van der Waals surface area contributed by atoms with Gasteiger partial charge in [-0.25, -0.2) is 13.2 Å². The van der Waals surface area contributed by atoms with Gasteiger partial charge in [-0.05, 0) is 30.5 Å². The van der Waals surface area contributed by atoms with Crippen LogP contribution in [0.15, 0.2) is 24.3 Å². The molecule has 0 aromatic heterocycles. The highest BCUT2D eigenvalue weighted by atomic mass is 32.2. The molecular weight excluding hydrogens is 278 g/mol. The molecule has 0 radical (unpaired) electrons. The van der Waals surface area contributed by atoms with Crippen LogP contribution in [0, 0.1) is 5.92 Å². The second-order valence-corrected chi connectivity index (χ2v) is 7.28. The third-order valence-electron chi connectivity index (χ3n) is 3.50. The Morgan fingerprint density at radius 3 is 2.80 bits per heavy atom. The maximum atomic E-state index is 11.6. The van der Waals surface area contributed by atoms with Crippen LogP contribution in [0.25, 0.3) is 0 Å². The van der Waals surface area contributed by atoms with Crippen molar-refractivity contribution in [3.05, 3.63) is 35.4 Å². The minimum atomic E-state index is -2.83. The molecule has 1 N–H and O–H groups in total. The minimum Gasteiger partial charge on any atom is -0.465 e. The molecule has 6 heteroatoms. The van der Waals surface area contributed by atoms with E-state index in [-0.39, 0.29) is 23.4 Å². The summed E-state index contributed by atoms with van der Waals surface area (Å²) < 4.78 is 27.5. The minimum absolute atomic E-state index is 0.172. The molecule has 1 unspecified atom stereocenters. The predicted octanol–water partition coefficient (Wildman–Crippen LogP) is 0.998. The fourth-order valence-electron chi connectivity index (χ4n) is 2.43. The summed E-state index contributed by atoms with van der Waals surface area (Å²) in [7, 11) is -1.47. The van der Waals surface area contributed by atoms with Crippen molar-refractivity contribution < 1.29 is 17.9 Å². The molecule has 1 aromatic carbocycles. The highest BCUT2D eigenvalue weighted by Crippen LogP contribution is 2.17. The third kappa shape index (κ3) is 3.80. The summed E-state index contributed by atoms with van der Waals surface area (Å²) in [4.78, 5) is 11.6. The van der Waals surface area contributed by atoms with Gasteiger partial charge in [-0.15, -0.1) is 0 Å². The van der Waals surface area contributed by atoms with Crippen molar-refractivity contribution in [3.8, 4) is 0 Å². The monoisotopic (exact) mass is 297 g/mol. The van der Waals surface area contributed by atoms with E-state index < -0.39 is 9.84 Å². The Morgan fingerprint density at radius 2 is 2.15 bits per heavy atom. The highest BCUT2D eigenvalue weighted by Gasteiger charge is 2.27. The summed E-state index contributed by atoms with van der Waals surface area (Å²) >= 11 is 0. The Kier molecular flexibility index (Phi) is 4.77. The first-order valence-electron chi connectivity index (χ1n) is 6.59. The lowest BCUT2D eigenvalue weighted by Gasteiger charge is -2.11. The lowest BCUT2D eigenvalue weighted by Crippen LogP contribution is -2.24. The second kappa shape index (κ2) is 6.37. The maximum Gasteiger partial charge on any atom is 0.338 e. The Bertz CT molecular complexity index is 583. The van der Waals surface area contributed by atoms with E-state index in [0.29, 0.717) is 25.1 Å². The number of methoxy groups -OCH3 is 1. The molecule has 0 spiro atoms. The van der Waals surface area contributed by atoms with Gasteiger partial charge in [0.05, 0.1) is 24.2 Å². The summed E-state index contributed by atoms with van der Waals surface area (Å²) in [6, 6.07) is 7.25.